The highest BCUT2D eigenvalue weighted by atomic mass is 32.1. The fourth-order valence-electron chi connectivity index (χ4n) is 2.40. The Kier molecular flexibility index (Phi) is 5.03. The molecular formula is C19H18N2O2S. The van der Waals surface area contributed by atoms with Gasteiger partial charge in [-0.15, -0.1) is 11.3 Å². The van der Waals surface area contributed by atoms with Crippen molar-refractivity contribution >= 4 is 22.9 Å². The molecular weight excluding hydrogens is 320 g/mol. The Bertz CT molecular complexity index is 841. The standard InChI is InChI=1S/C19H18N2O2S/c1-13-5-3-4-6-16(13)19-21-17(12-24-19)14-7-9-15(10-8-14)20-18(22)11-23-2/h3-10,12H,11H2,1-2H3,(H,20,22). The molecule has 1 aromatic heterocycles. The zero-order valence-electron chi connectivity index (χ0n) is 13.6. The van der Waals surface area contributed by atoms with Gasteiger partial charge in [-0.2, -0.15) is 0 Å². The van der Waals surface area contributed by atoms with Crippen LogP contribution in [0.5, 0.6) is 0 Å². The van der Waals surface area contributed by atoms with Gasteiger partial charge in [-0.25, -0.2) is 4.98 Å². The summed E-state index contributed by atoms with van der Waals surface area (Å²) in [7, 11) is 1.50. The van der Waals surface area contributed by atoms with Gasteiger partial charge in [0, 0.05) is 29.3 Å². The molecule has 0 radical (unpaired) electrons. The number of aryl methyl sites for hydroxylation is 1. The zero-order chi connectivity index (χ0) is 16.9. The maximum absolute atomic E-state index is 11.5. The van der Waals surface area contributed by atoms with E-state index in [0.29, 0.717) is 0 Å². The molecule has 0 unspecified atom stereocenters. The van der Waals surface area contributed by atoms with Crippen LogP contribution in [0.4, 0.5) is 5.69 Å². The Morgan fingerprint density at radius 2 is 1.92 bits per heavy atom. The minimum absolute atomic E-state index is 0.0492. The van der Waals surface area contributed by atoms with Crippen molar-refractivity contribution in [2.24, 2.45) is 0 Å². The van der Waals surface area contributed by atoms with Gasteiger partial charge in [0.15, 0.2) is 0 Å². The summed E-state index contributed by atoms with van der Waals surface area (Å²) >= 11 is 1.64. The summed E-state index contributed by atoms with van der Waals surface area (Å²) in [6.45, 7) is 2.14. The summed E-state index contributed by atoms with van der Waals surface area (Å²) < 4.78 is 4.80. The van der Waals surface area contributed by atoms with Gasteiger partial charge >= 0.3 is 0 Å². The van der Waals surface area contributed by atoms with Crippen LogP contribution in [0.2, 0.25) is 0 Å². The zero-order valence-corrected chi connectivity index (χ0v) is 14.4. The van der Waals surface area contributed by atoms with Gasteiger partial charge in [-0.3, -0.25) is 4.79 Å². The molecule has 0 aliphatic rings. The van der Waals surface area contributed by atoms with Gasteiger partial charge in [0.1, 0.15) is 11.6 Å². The van der Waals surface area contributed by atoms with Crippen LogP contribution in [0.3, 0.4) is 0 Å². The number of nitrogens with one attached hydrogen (secondary N) is 1. The van der Waals surface area contributed by atoms with Crippen molar-refractivity contribution in [1.82, 2.24) is 4.98 Å². The molecule has 4 nitrogen and oxygen atoms in total. The molecule has 0 saturated heterocycles. The number of hydrogen-bond acceptors (Lipinski definition) is 4. The Labute approximate surface area is 145 Å². The maximum atomic E-state index is 11.5. The van der Waals surface area contributed by atoms with Crippen LogP contribution in [0.1, 0.15) is 5.56 Å². The lowest BCUT2D eigenvalue weighted by molar-refractivity contribution is -0.119. The van der Waals surface area contributed by atoms with Crippen molar-refractivity contribution < 1.29 is 9.53 Å². The molecule has 0 saturated carbocycles. The van der Waals surface area contributed by atoms with Crippen LogP contribution in [-0.4, -0.2) is 24.6 Å². The van der Waals surface area contributed by atoms with E-state index in [1.807, 2.05) is 36.4 Å². The van der Waals surface area contributed by atoms with Gasteiger partial charge in [-0.05, 0) is 24.6 Å². The number of anilines is 1. The smallest absolute Gasteiger partial charge is 0.250 e. The average molecular weight is 338 g/mol. The van der Waals surface area contributed by atoms with E-state index in [-0.39, 0.29) is 12.5 Å². The molecule has 1 amide bonds. The summed E-state index contributed by atoms with van der Waals surface area (Å²) in [5, 5.41) is 5.85. The lowest BCUT2D eigenvalue weighted by Gasteiger charge is -2.05. The number of benzene rings is 2. The number of thiazole rings is 1. The van der Waals surface area contributed by atoms with Crippen molar-refractivity contribution in [2.75, 3.05) is 19.0 Å². The number of nitrogens with zero attached hydrogens (tertiary/aromatic N) is 1. The molecule has 0 aliphatic carbocycles. The molecule has 1 heterocycles. The highest BCUT2D eigenvalue weighted by Crippen LogP contribution is 2.31. The summed E-state index contributed by atoms with van der Waals surface area (Å²) in [5.74, 6) is -0.166. The first-order chi connectivity index (χ1) is 11.7. The molecule has 122 valence electrons. The van der Waals surface area contributed by atoms with E-state index in [1.165, 1.54) is 12.7 Å². The van der Waals surface area contributed by atoms with E-state index in [4.69, 9.17) is 9.72 Å². The predicted octanol–water partition coefficient (Wildman–Crippen LogP) is 4.37. The van der Waals surface area contributed by atoms with Gasteiger partial charge in [0.05, 0.1) is 5.69 Å². The van der Waals surface area contributed by atoms with E-state index in [1.54, 1.807) is 11.3 Å². The van der Waals surface area contributed by atoms with Crippen molar-refractivity contribution in [3.8, 4) is 21.8 Å². The number of aromatic nitrogens is 1. The second-order valence-electron chi connectivity index (χ2n) is 5.41. The topological polar surface area (TPSA) is 51.2 Å². The van der Waals surface area contributed by atoms with E-state index in [9.17, 15) is 4.79 Å². The average Bonchev–Trinajstić information content (AvgIpc) is 3.06. The third-order valence-electron chi connectivity index (χ3n) is 3.62. The van der Waals surface area contributed by atoms with Crippen LogP contribution in [0.25, 0.3) is 21.8 Å². The van der Waals surface area contributed by atoms with Crippen molar-refractivity contribution in [2.45, 2.75) is 6.92 Å². The minimum Gasteiger partial charge on any atom is -0.375 e. The molecule has 3 aromatic rings. The van der Waals surface area contributed by atoms with E-state index in [2.05, 4.69) is 29.8 Å². The molecule has 0 atom stereocenters. The Balaban J connectivity index is 1.78. The quantitative estimate of drug-likeness (QED) is 0.751. The highest BCUT2D eigenvalue weighted by molar-refractivity contribution is 7.13. The van der Waals surface area contributed by atoms with Gasteiger partial charge in [0.2, 0.25) is 5.91 Å². The number of methoxy groups -OCH3 is 1. The first kappa shape index (κ1) is 16.4. The normalized spacial score (nSPS) is 10.6. The van der Waals surface area contributed by atoms with Crippen LogP contribution in [-0.2, 0) is 9.53 Å². The number of ether oxygens (including phenoxy) is 1. The summed E-state index contributed by atoms with van der Waals surface area (Å²) in [6.07, 6.45) is 0. The number of amides is 1. The van der Waals surface area contributed by atoms with Gasteiger partial charge < -0.3 is 10.1 Å². The van der Waals surface area contributed by atoms with Crippen LogP contribution >= 0.6 is 11.3 Å². The minimum atomic E-state index is -0.166. The first-order valence-electron chi connectivity index (χ1n) is 7.58. The molecule has 5 heteroatoms. The predicted molar refractivity (Wildman–Crippen MR) is 98.2 cm³/mol. The Morgan fingerprint density at radius 1 is 1.17 bits per heavy atom. The summed E-state index contributed by atoms with van der Waals surface area (Å²) in [5.41, 5.74) is 5.09. The molecule has 2 aromatic carbocycles. The molecule has 0 aliphatic heterocycles. The third-order valence-corrected chi connectivity index (χ3v) is 4.50. The number of rotatable bonds is 5. The Morgan fingerprint density at radius 3 is 2.62 bits per heavy atom. The van der Waals surface area contributed by atoms with Crippen molar-refractivity contribution in [1.29, 1.82) is 0 Å². The van der Waals surface area contributed by atoms with Gasteiger partial charge in [0.25, 0.3) is 0 Å². The lowest BCUT2D eigenvalue weighted by Crippen LogP contribution is -2.16. The number of carbonyl (C=O) groups excluding carboxylic acids is 1. The fraction of sp³-hybridized carbons (Fsp3) is 0.158. The second-order valence-corrected chi connectivity index (χ2v) is 6.27. The molecule has 24 heavy (non-hydrogen) atoms. The highest BCUT2D eigenvalue weighted by Gasteiger charge is 2.09. The molecule has 0 spiro atoms. The molecule has 0 fully saturated rings. The van der Waals surface area contributed by atoms with E-state index in [0.717, 1.165) is 27.5 Å². The van der Waals surface area contributed by atoms with Crippen molar-refractivity contribution in [3.63, 3.8) is 0 Å². The molecule has 1 N–H and O–H groups in total. The largest absolute Gasteiger partial charge is 0.375 e. The third kappa shape index (κ3) is 3.69. The van der Waals surface area contributed by atoms with Crippen LogP contribution < -0.4 is 5.32 Å². The summed E-state index contributed by atoms with van der Waals surface area (Å²) in [4.78, 5) is 16.3. The number of hydrogen-bond donors (Lipinski definition) is 1. The first-order valence-corrected chi connectivity index (χ1v) is 8.46. The number of carbonyl (C=O) groups is 1. The van der Waals surface area contributed by atoms with Crippen molar-refractivity contribution in [3.05, 3.63) is 59.5 Å². The monoisotopic (exact) mass is 338 g/mol. The van der Waals surface area contributed by atoms with Gasteiger partial charge in [-0.1, -0.05) is 36.4 Å². The molecule has 0 bridgehead atoms. The van der Waals surface area contributed by atoms with E-state index < -0.39 is 0 Å². The summed E-state index contributed by atoms with van der Waals surface area (Å²) in [6, 6.07) is 15.9. The Hall–Kier alpha value is -2.50. The van der Waals surface area contributed by atoms with Crippen LogP contribution in [0, 0.1) is 6.92 Å². The maximum Gasteiger partial charge on any atom is 0.250 e. The second kappa shape index (κ2) is 7.38. The SMILES string of the molecule is COCC(=O)Nc1ccc(-c2csc(-c3ccccc3C)n2)cc1. The van der Waals surface area contributed by atoms with E-state index >= 15 is 0 Å². The molecule has 3 rings (SSSR count). The lowest BCUT2D eigenvalue weighted by atomic mass is 10.1. The van der Waals surface area contributed by atoms with Crippen LogP contribution in [0.15, 0.2) is 53.9 Å². The fourth-order valence-corrected chi connectivity index (χ4v) is 3.31.